The molecule has 1 amide bonds. The number of hydrogen-bond donors (Lipinski definition) is 2. The number of carbonyl (C=O) groups is 1. The third kappa shape index (κ3) is 5.61. The largest absolute Gasteiger partial charge is 0.340 e. The van der Waals surface area contributed by atoms with Crippen molar-refractivity contribution in [1.82, 2.24) is 30.0 Å². The van der Waals surface area contributed by atoms with Gasteiger partial charge < -0.3 is 15.5 Å². The molecule has 8 nitrogen and oxygen atoms in total. The molecule has 0 spiro atoms. The second-order valence-electron chi connectivity index (χ2n) is 10.6. The summed E-state index contributed by atoms with van der Waals surface area (Å²) in [6.07, 6.45) is 7.91. The van der Waals surface area contributed by atoms with Crippen molar-refractivity contribution < 1.29 is 4.79 Å². The van der Waals surface area contributed by atoms with Crippen molar-refractivity contribution in [2.45, 2.75) is 33.4 Å². The molecule has 5 aromatic rings. The van der Waals surface area contributed by atoms with Crippen molar-refractivity contribution in [3.05, 3.63) is 89.2 Å². The van der Waals surface area contributed by atoms with E-state index in [2.05, 4.69) is 82.0 Å². The molecule has 0 atom stereocenters. The maximum Gasteiger partial charge on any atom is 0.246 e. The number of anilines is 2. The summed E-state index contributed by atoms with van der Waals surface area (Å²) in [7, 11) is 0. The Morgan fingerprint density at radius 1 is 1.15 bits per heavy atom. The standard InChI is InChI=1S/C31H33N7OS/c1-21(2)16-32-13-6-9-28(39)37-14-12-25-27(19-37)40-31-29(25)30(33-20-34-31)36-24-10-11-26-23(15-24)17-35-38(26)18-22-7-4-3-5-8-22/h3-11,15,17,20-21,32H,12-14,16,18-19H2,1-2H3,(H,33,34,36). The molecule has 0 aliphatic carbocycles. The molecule has 3 aromatic heterocycles. The van der Waals surface area contributed by atoms with Gasteiger partial charge in [0.15, 0.2) is 0 Å². The Balaban J connectivity index is 1.18. The van der Waals surface area contributed by atoms with Crippen LogP contribution in [0, 0.1) is 5.92 Å². The Hall–Kier alpha value is -4.08. The van der Waals surface area contributed by atoms with Crippen LogP contribution in [0.25, 0.3) is 21.1 Å². The summed E-state index contributed by atoms with van der Waals surface area (Å²) < 4.78 is 2.02. The molecule has 1 aliphatic heterocycles. The van der Waals surface area contributed by atoms with Crippen LogP contribution in [0.15, 0.2) is 73.2 Å². The van der Waals surface area contributed by atoms with E-state index in [1.165, 1.54) is 16.0 Å². The Morgan fingerprint density at radius 3 is 2.88 bits per heavy atom. The fourth-order valence-corrected chi connectivity index (χ4v) is 6.32. The van der Waals surface area contributed by atoms with E-state index in [0.717, 1.165) is 52.1 Å². The van der Waals surface area contributed by atoms with Crippen LogP contribution in [0.3, 0.4) is 0 Å². The lowest BCUT2D eigenvalue weighted by molar-refractivity contribution is -0.126. The number of hydrogen-bond acceptors (Lipinski definition) is 7. The van der Waals surface area contributed by atoms with Gasteiger partial charge in [0, 0.05) is 35.1 Å². The average molecular weight is 552 g/mol. The second kappa shape index (κ2) is 11.6. The molecule has 2 N–H and O–H groups in total. The second-order valence-corrected chi connectivity index (χ2v) is 11.6. The van der Waals surface area contributed by atoms with Crippen molar-refractivity contribution in [2.75, 3.05) is 25.0 Å². The van der Waals surface area contributed by atoms with Gasteiger partial charge in [-0.25, -0.2) is 9.97 Å². The maximum atomic E-state index is 12.8. The SMILES string of the molecule is CC(C)CNCC=CC(=O)N1CCc2c(sc3ncnc(Nc4ccc5c(cnn5Cc5ccccc5)c4)c23)C1. The van der Waals surface area contributed by atoms with Gasteiger partial charge in [-0.2, -0.15) is 5.10 Å². The highest BCUT2D eigenvalue weighted by atomic mass is 32.1. The average Bonchev–Trinajstić information content (AvgIpc) is 3.54. The quantitative estimate of drug-likeness (QED) is 0.185. The Bertz CT molecular complexity index is 1670. The number of nitrogens with one attached hydrogen (secondary N) is 2. The van der Waals surface area contributed by atoms with E-state index in [9.17, 15) is 4.79 Å². The lowest BCUT2D eigenvalue weighted by atomic mass is 10.0. The summed E-state index contributed by atoms with van der Waals surface area (Å²) in [6, 6.07) is 16.6. The van der Waals surface area contributed by atoms with Crippen LogP contribution >= 0.6 is 11.3 Å². The zero-order chi connectivity index (χ0) is 27.5. The van der Waals surface area contributed by atoms with Gasteiger partial charge in [-0.3, -0.25) is 9.48 Å². The van der Waals surface area contributed by atoms with Gasteiger partial charge in [-0.1, -0.05) is 50.3 Å². The van der Waals surface area contributed by atoms with Gasteiger partial charge in [0.05, 0.1) is 30.2 Å². The zero-order valence-corrected chi connectivity index (χ0v) is 23.6. The van der Waals surface area contributed by atoms with Gasteiger partial charge in [0.2, 0.25) is 5.91 Å². The fraction of sp³-hybridized carbons (Fsp3) is 0.290. The summed E-state index contributed by atoms with van der Waals surface area (Å²) in [5.41, 5.74) is 4.50. The van der Waals surface area contributed by atoms with Crippen LogP contribution in [-0.2, 0) is 24.3 Å². The number of rotatable bonds is 9. The van der Waals surface area contributed by atoms with Crippen LogP contribution in [0.5, 0.6) is 0 Å². The molecular weight excluding hydrogens is 518 g/mol. The molecular formula is C31H33N7OS. The molecule has 40 heavy (non-hydrogen) atoms. The zero-order valence-electron chi connectivity index (χ0n) is 22.8. The molecule has 6 rings (SSSR count). The van der Waals surface area contributed by atoms with Crippen molar-refractivity contribution in [3.8, 4) is 0 Å². The third-order valence-electron chi connectivity index (χ3n) is 7.10. The van der Waals surface area contributed by atoms with Crippen LogP contribution < -0.4 is 10.6 Å². The highest BCUT2D eigenvalue weighted by molar-refractivity contribution is 7.19. The van der Waals surface area contributed by atoms with E-state index < -0.39 is 0 Å². The van der Waals surface area contributed by atoms with Gasteiger partial charge in [-0.15, -0.1) is 11.3 Å². The van der Waals surface area contributed by atoms with E-state index in [-0.39, 0.29) is 5.91 Å². The number of fused-ring (bicyclic) bond motifs is 4. The molecule has 4 heterocycles. The molecule has 0 radical (unpaired) electrons. The first-order valence-electron chi connectivity index (χ1n) is 13.7. The first-order valence-corrected chi connectivity index (χ1v) is 14.5. The number of benzene rings is 2. The van der Waals surface area contributed by atoms with E-state index in [0.29, 0.717) is 25.6 Å². The lowest BCUT2D eigenvalue weighted by Crippen LogP contribution is -2.34. The number of carbonyl (C=O) groups excluding carboxylic acids is 1. The fourth-order valence-electron chi connectivity index (χ4n) is 5.12. The van der Waals surface area contributed by atoms with Crippen LogP contribution in [0.4, 0.5) is 11.5 Å². The highest BCUT2D eigenvalue weighted by Gasteiger charge is 2.25. The molecule has 204 valence electrons. The van der Waals surface area contributed by atoms with Crippen LogP contribution in [0.2, 0.25) is 0 Å². The van der Waals surface area contributed by atoms with Crippen molar-refractivity contribution in [3.63, 3.8) is 0 Å². The number of nitrogens with zero attached hydrogens (tertiary/aromatic N) is 5. The Kier molecular flexibility index (Phi) is 7.57. The topological polar surface area (TPSA) is 88.0 Å². The molecule has 0 fully saturated rings. The van der Waals surface area contributed by atoms with Crippen molar-refractivity contribution in [2.24, 2.45) is 5.92 Å². The van der Waals surface area contributed by atoms with Crippen LogP contribution in [-0.4, -0.2) is 50.2 Å². The molecule has 2 aromatic carbocycles. The highest BCUT2D eigenvalue weighted by Crippen LogP contribution is 2.38. The van der Waals surface area contributed by atoms with Crippen LogP contribution in [0.1, 0.15) is 29.9 Å². The van der Waals surface area contributed by atoms with E-state index in [1.54, 1.807) is 23.7 Å². The minimum absolute atomic E-state index is 0.0556. The Labute approximate surface area is 237 Å². The maximum absolute atomic E-state index is 12.8. The predicted molar refractivity (Wildman–Crippen MR) is 162 cm³/mol. The van der Waals surface area contributed by atoms with Gasteiger partial charge in [-0.05, 0) is 48.2 Å². The van der Waals surface area contributed by atoms with Gasteiger partial charge >= 0.3 is 0 Å². The smallest absolute Gasteiger partial charge is 0.246 e. The Morgan fingerprint density at radius 2 is 2.02 bits per heavy atom. The molecule has 0 saturated heterocycles. The molecule has 0 bridgehead atoms. The molecule has 0 unspecified atom stereocenters. The molecule has 0 saturated carbocycles. The monoisotopic (exact) mass is 551 g/mol. The van der Waals surface area contributed by atoms with Crippen molar-refractivity contribution in [1.29, 1.82) is 0 Å². The minimum Gasteiger partial charge on any atom is -0.340 e. The predicted octanol–water partition coefficient (Wildman–Crippen LogP) is 5.52. The molecule has 9 heteroatoms. The number of thiophene rings is 1. The van der Waals surface area contributed by atoms with E-state index in [4.69, 9.17) is 0 Å². The first kappa shape index (κ1) is 26.2. The minimum atomic E-state index is 0.0556. The summed E-state index contributed by atoms with van der Waals surface area (Å²) >= 11 is 1.65. The van der Waals surface area contributed by atoms with E-state index in [1.807, 2.05) is 27.9 Å². The van der Waals surface area contributed by atoms with Gasteiger partial charge in [0.25, 0.3) is 0 Å². The summed E-state index contributed by atoms with van der Waals surface area (Å²) in [4.78, 5) is 26.0. The lowest BCUT2D eigenvalue weighted by Gasteiger charge is -2.26. The van der Waals surface area contributed by atoms with Gasteiger partial charge in [0.1, 0.15) is 17.0 Å². The number of amides is 1. The molecule has 1 aliphatic rings. The van der Waals surface area contributed by atoms with Crippen molar-refractivity contribution >= 4 is 49.9 Å². The first-order chi connectivity index (χ1) is 19.5. The summed E-state index contributed by atoms with van der Waals surface area (Å²) in [5, 5.41) is 13.6. The number of aromatic nitrogens is 4. The summed E-state index contributed by atoms with van der Waals surface area (Å²) in [5.74, 6) is 1.45. The summed E-state index contributed by atoms with van der Waals surface area (Å²) in [6.45, 7) is 8.00. The normalized spacial score (nSPS) is 13.5. The third-order valence-corrected chi connectivity index (χ3v) is 8.23. The van der Waals surface area contributed by atoms with E-state index >= 15 is 0 Å².